The van der Waals surface area contributed by atoms with E-state index >= 15 is 0 Å². The number of hydrogen-bond acceptors (Lipinski definition) is 7. The fourth-order valence-electron chi connectivity index (χ4n) is 2.04. The highest BCUT2D eigenvalue weighted by atomic mass is 16.6. The third-order valence-corrected chi connectivity index (χ3v) is 3.28. The fourth-order valence-corrected chi connectivity index (χ4v) is 2.04. The first-order valence-electron chi connectivity index (χ1n) is 7.51. The smallest absolute Gasteiger partial charge is 0.269 e. The molecular weight excluding hydrogens is 338 g/mol. The standard InChI is InChI=1S/C16H13N7O3/c24-15(18-17-10-12-6-8-14(9-7-12)23(25)26)11-22-20-16(19-21-22)13-4-2-1-3-5-13/h1-10H,11H2,(H,18,24)/b17-10-. The lowest BCUT2D eigenvalue weighted by molar-refractivity contribution is -0.384. The number of aromatic nitrogens is 4. The number of non-ortho nitro benzene ring substituents is 1. The Morgan fingerprint density at radius 3 is 2.62 bits per heavy atom. The van der Waals surface area contributed by atoms with Gasteiger partial charge in [0.2, 0.25) is 5.82 Å². The molecule has 0 saturated heterocycles. The van der Waals surface area contributed by atoms with E-state index in [1.165, 1.54) is 35.3 Å². The summed E-state index contributed by atoms with van der Waals surface area (Å²) in [5.41, 5.74) is 3.73. The molecule has 130 valence electrons. The van der Waals surface area contributed by atoms with Crippen LogP contribution in [0.4, 0.5) is 5.69 Å². The first kappa shape index (κ1) is 16.9. The largest absolute Gasteiger partial charge is 0.271 e. The van der Waals surface area contributed by atoms with E-state index in [2.05, 4.69) is 25.9 Å². The summed E-state index contributed by atoms with van der Waals surface area (Å²) >= 11 is 0. The van der Waals surface area contributed by atoms with E-state index in [9.17, 15) is 14.9 Å². The number of rotatable bonds is 6. The maximum atomic E-state index is 11.8. The van der Waals surface area contributed by atoms with E-state index in [4.69, 9.17) is 0 Å². The number of carbonyl (C=O) groups excluding carboxylic acids is 1. The topological polar surface area (TPSA) is 128 Å². The van der Waals surface area contributed by atoms with E-state index in [1.54, 1.807) is 0 Å². The fraction of sp³-hybridized carbons (Fsp3) is 0.0625. The van der Waals surface area contributed by atoms with Crippen LogP contribution in [-0.2, 0) is 11.3 Å². The quantitative estimate of drug-likeness (QED) is 0.406. The van der Waals surface area contributed by atoms with Crippen molar-refractivity contribution in [2.75, 3.05) is 0 Å². The summed E-state index contributed by atoms with van der Waals surface area (Å²) in [6.07, 6.45) is 1.38. The van der Waals surface area contributed by atoms with Gasteiger partial charge in [0, 0.05) is 17.7 Å². The Balaban J connectivity index is 1.54. The molecule has 3 rings (SSSR count). The lowest BCUT2D eigenvalue weighted by atomic mass is 10.2. The Morgan fingerprint density at radius 1 is 1.19 bits per heavy atom. The van der Waals surface area contributed by atoms with Crippen LogP contribution in [0.1, 0.15) is 5.56 Å². The van der Waals surface area contributed by atoms with Gasteiger partial charge in [-0.3, -0.25) is 14.9 Å². The van der Waals surface area contributed by atoms with Crippen LogP contribution in [0.25, 0.3) is 11.4 Å². The highest BCUT2D eigenvalue weighted by Gasteiger charge is 2.08. The van der Waals surface area contributed by atoms with Gasteiger partial charge in [-0.2, -0.15) is 9.90 Å². The first-order chi connectivity index (χ1) is 12.6. The van der Waals surface area contributed by atoms with Gasteiger partial charge in [-0.25, -0.2) is 5.43 Å². The molecule has 0 aliphatic heterocycles. The molecule has 1 aromatic heterocycles. The molecule has 0 saturated carbocycles. The number of nitro groups is 1. The van der Waals surface area contributed by atoms with Crippen molar-refractivity contribution >= 4 is 17.8 Å². The second-order valence-electron chi connectivity index (χ2n) is 5.15. The molecule has 0 unspecified atom stereocenters. The summed E-state index contributed by atoms with van der Waals surface area (Å²) in [6, 6.07) is 15.0. The Kier molecular flexibility index (Phi) is 5.03. The van der Waals surface area contributed by atoms with Crippen molar-refractivity contribution in [1.29, 1.82) is 0 Å². The van der Waals surface area contributed by atoms with Gasteiger partial charge in [-0.15, -0.1) is 10.2 Å². The molecule has 0 aliphatic rings. The second kappa shape index (κ2) is 7.75. The molecule has 0 radical (unpaired) electrons. The van der Waals surface area contributed by atoms with Gasteiger partial charge >= 0.3 is 0 Å². The summed E-state index contributed by atoms with van der Waals surface area (Å²) in [5.74, 6) is -0.00652. The average molecular weight is 351 g/mol. The zero-order valence-corrected chi connectivity index (χ0v) is 13.4. The van der Waals surface area contributed by atoms with Crippen molar-refractivity contribution in [3.8, 4) is 11.4 Å². The van der Waals surface area contributed by atoms with Gasteiger partial charge in [-0.05, 0) is 22.9 Å². The SMILES string of the molecule is O=C(Cn1nnc(-c2ccccc2)n1)N/N=C\c1ccc([N+](=O)[O-])cc1. The lowest BCUT2D eigenvalue weighted by Crippen LogP contribution is -2.24. The molecule has 0 fully saturated rings. The third kappa shape index (κ3) is 4.32. The molecule has 0 atom stereocenters. The number of carbonyl (C=O) groups is 1. The summed E-state index contributed by atoms with van der Waals surface area (Å²) in [7, 11) is 0. The highest BCUT2D eigenvalue weighted by molar-refractivity contribution is 5.82. The van der Waals surface area contributed by atoms with E-state index in [0.717, 1.165) is 5.56 Å². The van der Waals surface area contributed by atoms with Crippen molar-refractivity contribution in [3.63, 3.8) is 0 Å². The second-order valence-corrected chi connectivity index (χ2v) is 5.15. The van der Waals surface area contributed by atoms with Crippen LogP contribution in [0.15, 0.2) is 59.7 Å². The van der Waals surface area contributed by atoms with Crippen molar-refractivity contribution in [2.45, 2.75) is 6.54 Å². The van der Waals surface area contributed by atoms with Crippen LogP contribution < -0.4 is 5.43 Å². The van der Waals surface area contributed by atoms with Gasteiger partial charge < -0.3 is 0 Å². The minimum absolute atomic E-state index is 0.0161. The molecule has 10 nitrogen and oxygen atoms in total. The van der Waals surface area contributed by atoms with Gasteiger partial charge in [-0.1, -0.05) is 30.3 Å². The van der Waals surface area contributed by atoms with E-state index in [-0.39, 0.29) is 12.2 Å². The Morgan fingerprint density at radius 2 is 1.92 bits per heavy atom. The van der Waals surface area contributed by atoms with Crippen LogP contribution in [0.3, 0.4) is 0 Å². The molecule has 26 heavy (non-hydrogen) atoms. The number of nitrogens with zero attached hydrogens (tertiary/aromatic N) is 6. The zero-order chi connectivity index (χ0) is 18.4. The zero-order valence-electron chi connectivity index (χ0n) is 13.4. The number of tetrazole rings is 1. The summed E-state index contributed by atoms with van der Waals surface area (Å²) in [4.78, 5) is 23.1. The third-order valence-electron chi connectivity index (χ3n) is 3.28. The molecule has 0 spiro atoms. The van der Waals surface area contributed by atoms with E-state index < -0.39 is 10.8 Å². The van der Waals surface area contributed by atoms with Crippen molar-refractivity contribution < 1.29 is 9.72 Å². The molecule has 3 aromatic rings. The molecule has 0 bridgehead atoms. The number of amides is 1. The maximum absolute atomic E-state index is 11.8. The lowest BCUT2D eigenvalue weighted by Gasteiger charge is -1.98. The Bertz CT molecular complexity index is 936. The highest BCUT2D eigenvalue weighted by Crippen LogP contribution is 2.12. The van der Waals surface area contributed by atoms with Crippen LogP contribution in [0.5, 0.6) is 0 Å². The summed E-state index contributed by atoms with van der Waals surface area (Å²) < 4.78 is 0. The summed E-state index contributed by atoms with van der Waals surface area (Å²) in [6.45, 7) is -0.141. The molecule has 0 aliphatic carbocycles. The van der Waals surface area contributed by atoms with Crippen LogP contribution in [0, 0.1) is 10.1 Å². The Labute approximate surface area is 147 Å². The van der Waals surface area contributed by atoms with Crippen molar-refractivity contribution in [1.82, 2.24) is 25.6 Å². The van der Waals surface area contributed by atoms with E-state index in [0.29, 0.717) is 11.4 Å². The molecule has 10 heteroatoms. The number of nitro benzene ring substituents is 1. The summed E-state index contributed by atoms with van der Waals surface area (Å²) in [5, 5.41) is 26.2. The number of benzene rings is 2. The molecule has 1 amide bonds. The van der Waals surface area contributed by atoms with Crippen molar-refractivity contribution in [3.05, 3.63) is 70.3 Å². The first-order valence-corrected chi connectivity index (χ1v) is 7.51. The van der Waals surface area contributed by atoms with Gasteiger partial charge in [0.05, 0.1) is 11.1 Å². The maximum Gasteiger partial charge on any atom is 0.269 e. The number of hydrogen-bond donors (Lipinski definition) is 1. The van der Waals surface area contributed by atoms with Gasteiger partial charge in [0.15, 0.2) is 0 Å². The van der Waals surface area contributed by atoms with Crippen molar-refractivity contribution in [2.24, 2.45) is 5.10 Å². The van der Waals surface area contributed by atoms with Gasteiger partial charge in [0.1, 0.15) is 6.54 Å². The normalized spacial score (nSPS) is 10.8. The minimum atomic E-state index is -0.489. The number of nitrogens with one attached hydrogen (secondary N) is 1. The molecule has 1 heterocycles. The van der Waals surface area contributed by atoms with E-state index in [1.807, 2.05) is 30.3 Å². The van der Waals surface area contributed by atoms with Crippen LogP contribution in [-0.4, -0.2) is 37.3 Å². The predicted octanol–water partition coefficient (Wildman–Crippen LogP) is 1.40. The predicted molar refractivity (Wildman–Crippen MR) is 92.1 cm³/mol. The molecular formula is C16H13N7O3. The molecule has 2 aromatic carbocycles. The molecule has 1 N–H and O–H groups in total. The van der Waals surface area contributed by atoms with Crippen LogP contribution in [0.2, 0.25) is 0 Å². The van der Waals surface area contributed by atoms with Crippen LogP contribution >= 0.6 is 0 Å². The number of hydrazone groups is 1. The average Bonchev–Trinajstić information content (AvgIpc) is 3.11. The van der Waals surface area contributed by atoms with Gasteiger partial charge in [0.25, 0.3) is 11.6 Å². The monoisotopic (exact) mass is 351 g/mol. The minimum Gasteiger partial charge on any atom is -0.271 e. The Hall–Kier alpha value is -3.95.